The molecule has 3 N–H and O–H groups in total. The van der Waals surface area contributed by atoms with E-state index in [0.717, 1.165) is 11.3 Å². The molecular weight excluding hydrogens is 254 g/mol. The van der Waals surface area contributed by atoms with Gasteiger partial charge in [-0.2, -0.15) is 0 Å². The Morgan fingerprint density at radius 1 is 1.56 bits per heavy atom. The third kappa shape index (κ3) is 2.32. The number of carbonyl (C=O) groups excluding carboxylic acids is 2. The maximum Gasteiger partial charge on any atom is 0.239 e. The predicted molar refractivity (Wildman–Crippen MR) is 69.0 cm³/mol. The lowest BCUT2D eigenvalue weighted by Gasteiger charge is -2.19. The second kappa shape index (κ2) is 4.96. The first-order valence-electron chi connectivity index (χ1n) is 5.60. The molecule has 96 valence electrons. The molecule has 6 heteroatoms. The zero-order chi connectivity index (χ0) is 13.3. The number of hydrogen-bond acceptors (Lipinski definition) is 3. The van der Waals surface area contributed by atoms with Crippen LogP contribution >= 0.6 is 11.6 Å². The van der Waals surface area contributed by atoms with E-state index in [1.165, 1.54) is 0 Å². The molecule has 1 aliphatic rings. The van der Waals surface area contributed by atoms with Crippen LogP contribution in [0.2, 0.25) is 5.02 Å². The van der Waals surface area contributed by atoms with Gasteiger partial charge in [-0.15, -0.1) is 0 Å². The number of rotatable bonds is 2. The molecule has 0 aliphatic carbocycles. The van der Waals surface area contributed by atoms with Gasteiger partial charge in [0.2, 0.25) is 11.8 Å². The van der Waals surface area contributed by atoms with E-state index in [-0.39, 0.29) is 18.2 Å². The second-order valence-electron chi connectivity index (χ2n) is 4.34. The van der Waals surface area contributed by atoms with Gasteiger partial charge in [0.1, 0.15) is 0 Å². The van der Waals surface area contributed by atoms with E-state index >= 15 is 0 Å². The van der Waals surface area contributed by atoms with E-state index < -0.39 is 5.92 Å². The molecule has 1 fully saturated rings. The summed E-state index contributed by atoms with van der Waals surface area (Å²) in [7, 11) is 0. The van der Waals surface area contributed by atoms with E-state index in [0.29, 0.717) is 11.6 Å². The molecule has 0 bridgehead atoms. The maximum absolute atomic E-state index is 11.9. The number of nitrogens with one attached hydrogen (secondary N) is 1. The number of hydrogen-bond donors (Lipinski definition) is 2. The van der Waals surface area contributed by atoms with Gasteiger partial charge in [0.05, 0.1) is 5.92 Å². The molecule has 5 nitrogen and oxygen atoms in total. The van der Waals surface area contributed by atoms with Crippen molar-refractivity contribution in [1.29, 1.82) is 0 Å². The summed E-state index contributed by atoms with van der Waals surface area (Å²) in [4.78, 5) is 25.0. The van der Waals surface area contributed by atoms with Crippen LogP contribution in [-0.2, 0) is 9.59 Å². The first-order valence-corrected chi connectivity index (χ1v) is 5.97. The van der Waals surface area contributed by atoms with Gasteiger partial charge >= 0.3 is 0 Å². The fourth-order valence-electron chi connectivity index (χ4n) is 2.16. The third-order valence-corrected chi connectivity index (χ3v) is 3.32. The first-order chi connectivity index (χ1) is 8.52. The van der Waals surface area contributed by atoms with Gasteiger partial charge in [-0.25, -0.2) is 5.84 Å². The van der Waals surface area contributed by atoms with Gasteiger partial charge in [0.15, 0.2) is 0 Å². The molecule has 1 aromatic rings. The number of benzene rings is 1. The van der Waals surface area contributed by atoms with Crippen molar-refractivity contribution in [2.24, 2.45) is 11.8 Å². The summed E-state index contributed by atoms with van der Waals surface area (Å²) < 4.78 is 0. The summed E-state index contributed by atoms with van der Waals surface area (Å²) >= 11 is 5.88. The van der Waals surface area contributed by atoms with Crippen molar-refractivity contribution >= 4 is 29.1 Å². The molecule has 1 atom stereocenters. The van der Waals surface area contributed by atoms with Crippen LogP contribution in [0.3, 0.4) is 0 Å². The van der Waals surface area contributed by atoms with Gasteiger partial charge in [-0.05, 0) is 30.7 Å². The molecule has 1 aromatic carbocycles. The van der Waals surface area contributed by atoms with Crippen LogP contribution in [-0.4, -0.2) is 18.4 Å². The Balaban J connectivity index is 2.24. The second-order valence-corrected chi connectivity index (χ2v) is 4.78. The average Bonchev–Trinajstić information content (AvgIpc) is 2.70. The highest BCUT2D eigenvalue weighted by molar-refractivity contribution is 6.30. The minimum absolute atomic E-state index is 0.0750. The quantitative estimate of drug-likeness (QED) is 0.477. The molecule has 0 saturated carbocycles. The van der Waals surface area contributed by atoms with E-state index in [2.05, 4.69) is 5.43 Å². The largest absolute Gasteiger partial charge is 0.311 e. The number of carbonyl (C=O) groups is 2. The third-order valence-electron chi connectivity index (χ3n) is 3.09. The highest BCUT2D eigenvalue weighted by Crippen LogP contribution is 2.29. The average molecular weight is 268 g/mol. The SMILES string of the molecule is Cc1cc(Cl)ccc1N1CC(C(=O)NN)CC1=O. The van der Waals surface area contributed by atoms with Crippen LogP contribution in [0.1, 0.15) is 12.0 Å². The number of halogens is 1. The molecule has 1 unspecified atom stereocenters. The standard InChI is InChI=1S/C12H14ClN3O2/c1-7-4-9(13)2-3-10(7)16-6-8(5-11(16)17)12(18)15-14/h2-4,8H,5-6,14H2,1H3,(H,15,18). The zero-order valence-electron chi connectivity index (χ0n) is 9.94. The van der Waals surface area contributed by atoms with Gasteiger partial charge in [0.25, 0.3) is 0 Å². The molecule has 0 spiro atoms. The van der Waals surface area contributed by atoms with E-state index in [4.69, 9.17) is 17.4 Å². The van der Waals surface area contributed by atoms with Gasteiger partial charge < -0.3 is 4.90 Å². The molecule has 1 heterocycles. The number of amides is 2. The summed E-state index contributed by atoms with van der Waals surface area (Å²) in [6.07, 6.45) is 0.186. The van der Waals surface area contributed by atoms with Gasteiger partial charge in [0, 0.05) is 23.7 Å². The van der Waals surface area contributed by atoms with E-state index in [9.17, 15) is 9.59 Å². The Morgan fingerprint density at radius 2 is 2.28 bits per heavy atom. The van der Waals surface area contributed by atoms with Gasteiger partial charge in [-0.1, -0.05) is 11.6 Å². The van der Waals surface area contributed by atoms with Crippen LogP contribution in [0.5, 0.6) is 0 Å². The molecule has 18 heavy (non-hydrogen) atoms. The topological polar surface area (TPSA) is 75.4 Å². The van der Waals surface area contributed by atoms with E-state index in [1.54, 1.807) is 23.1 Å². The van der Waals surface area contributed by atoms with Crippen LogP contribution in [0.25, 0.3) is 0 Å². The van der Waals surface area contributed by atoms with Crippen molar-refractivity contribution in [3.05, 3.63) is 28.8 Å². The highest BCUT2D eigenvalue weighted by atomic mass is 35.5. The molecule has 2 rings (SSSR count). The molecule has 1 saturated heterocycles. The Kier molecular flexibility index (Phi) is 3.54. The molecule has 2 amide bonds. The monoisotopic (exact) mass is 267 g/mol. The highest BCUT2D eigenvalue weighted by Gasteiger charge is 2.35. The number of anilines is 1. The fourth-order valence-corrected chi connectivity index (χ4v) is 2.38. The summed E-state index contributed by atoms with van der Waals surface area (Å²) in [5.74, 6) is 4.31. The summed E-state index contributed by atoms with van der Waals surface area (Å²) in [6.45, 7) is 2.23. The Hall–Kier alpha value is -1.59. The van der Waals surface area contributed by atoms with Crippen LogP contribution in [0, 0.1) is 12.8 Å². The lowest BCUT2D eigenvalue weighted by molar-refractivity contribution is -0.126. The Labute approximate surface area is 110 Å². The Morgan fingerprint density at radius 3 is 2.89 bits per heavy atom. The van der Waals surface area contributed by atoms with Crippen molar-refractivity contribution < 1.29 is 9.59 Å². The summed E-state index contributed by atoms with van der Waals surface area (Å²) in [5, 5.41) is 0.624. The van der Waals surface area contributed by atoms with Crippen molar-refractivity contribution in [3.63, 3.8) is 0 Å². The number of nitrogens with two attached hydrogens (primary N) is 1. The molecule has 1 aliphatic heterocycles. The zero-order valence-corrected chi connectivity index (χ0v) is 10.7. The Bertz CT molecular complexity index is 504. The van der Waals surface area contributed by atoms with Crippen LogP contribution < -0.4 is 16.2 Å². The minimum Gasteiger partial charge on any atom is -0.311 e. The smallest absolute Gasteiger partial charge is 0.239 e. The van der Waals surface area contributed by atoms with Gasteiger partial charge in [-0.3, -0.25) is 15.0 Å². The van der Waals surface area contributed by atoms with Crippen LogP contribution in [0.15, 0.2) is 18.2 Å². The fraction of sp³-hybridized carbons (Fsp3) is 0.333. The summed E-state index contributed by atoms with van der Waals surface area (Å²) in [6, 6.07) is 5.31. The molecular formula is C12H14ClN3O2. The number of hydrazine groups is 1. The van der Waals surface area contributed by atoms with Crippen molar-refractivity contribution in [2.75, 3.05) is 11.4 Å². The van der Waals surface area contributed by atoms with E-state index in [1.807, 2.05) is 6.92 Å². The lowest BCUT2D eigenvalue weighted by Crippen LogP contribution is -2.37. The van der Waals surface area contributed by atoms with Crippen molar-refractivity contribution in [1.82, 2.24) is 5.43 Å². The minimum atomic E-state index is -0.391. The number of aryl methyl sites for hydroxylation is 1. The number of nitrogens with zero attached hydrogens (tertiary/aromatic N) is 1. The lowest BCUT2D eigenvalue weighted by atomic mass is 10.1. The normalized spacial score (nSPS) is 19.2. The first kappa shape index (κ1) is 12.9. The van der Waals surface area contributed by atoms with Crippen molar-refractivity contribution in [3.8, 4) is 0 Å². The maximum atomic E-state index is 11.9. The van der Waals surface area contributed by atoms with Crippen molar-refractivity contribution in [2.45, 2.75) is 13.3 Å². The molecule has 0 radical (unpaired) electrons. The van der Waals surface area contributed by atoms with Crippen LogP contribution in [0.4, 0.5) is 5.69 Å². The summed E-state index contributed by atoms with van der Waals surface area (Å²) in [5.41, 5.74) is 3.78. The predicted octanol–water partition coefficient (Wildman–Crippen LogP) is 0.991. The molecule has 0 aromatic heterocycles.